The van der Waals surface area contributed by atoms with Crippen LogP contribution in [0.5, 0.6) is 5.75 Å². The molecule has 102 valence electrons. The van der Waals surface area contributed by atoms with Gasteiger partial charge < -0.3 is 14.7 Å². The molecule has 0 aliphatic rings. The summed E-state index contributed by atoms with van der Waals surface area (Å²) >= 11 is 0. The molecule has 0 atom stereocenters. The van der Waals surface area contributed by atoms with Crippen molar-refractivity contribution in [3.8, 4) is 5.75 Å². The van der Waals surface area contributed by atoms with Gasteiger partial charge in [0.05, 0.1) is 6.61 Å². The van der Waals surface area contributed by atoms with E-state index < -0.39 is 0 Å². The second-order valence-corrected chi connectivity index (χ2v) is 4.60. The normalized spacial score (nSPS) is 10.9. The average Bonchev–Trinajstić information content (AvgIpc) is 2.37. The first-order valence-electron chi connectivity index (χ1n) is 6.77. The molecule has 0 unspecified atom stereocenters. The lowest BCUT2D eigenvalue weighted by Crippen LogP contribution is -2.19. The highest BCUT2D eigenvalue weighted by atomic mass is 16.5. The van der Waals surface area contributed by atoms with E-state index in [1.165, 1.54) is 5.56 Å². The van der Waals surface area contributed by atoms with Crippen LogP contribution in [0.2, 0.25) is 0 Å². The number of aliphatic hydroxyl groups is 1. The number of ether oxygens (including phenoxy) is 1. The van der Waals surface area contributed by atoms with Gasteiger partial charge >= 0.3 is 0 Å². The van der Waals surface area contributed by atoms with Crippen LogP contribution < -0.4 is 4.74 Å². The molecule has 0 saturated heterocycles. The minimum absolute atomic E-state index is 0.308. The minimum atomic E-state index is 0.308. The molecule has 3 nitrogen and oxygen atoms in total. The van der Waals surface area contributed by atoms with Gasteiger partial charge in [0.2, 0.25) is 0 Å². The number of hydrogen-bond acceptors (Lipinski definition) is 3. The fourth-order valence-electron chi connectivity index (χ4n) is 1.92. The van der Waals surface area contributed by atoms with Crippen molar-refractivity contribution >= 4 is 0 Å². The summed E-state index contributed by atoms with van der Waals surface area (Å²) < 4.78 is 5.42. The van der Waals surface area contributed by atoms with Crippen molar-refractivity contribution in [2.24, 2.45) is 0 Å². The molecule has 1 aromatic carbocycles. The highest BCUT2D eigenvalue weighted by Crippen LogP contribution is 2.13. The lowest BCUT2D eigenvalue weighted by atomic mass is 10.2. The van der Waals surface area contributed by atoms with E-state index in [0.29, 0.717) is 13.2 Å². The summed E-state index contributed by atoms with van der Waals surface area (Å²) in [7, 11) is 2.13. The van der Waals surface area contributed by atoms with E-state index in [4.69, 9.17) is 9.84 Å². The maximum atomic E-state index is 8.71. The lowest BCUT2D eigenvalue weighted by Gasteiger charge is -2.16. The first-order chi connectivity index (χ1) is 8.76. The molecule has 0 aliphatic carbocycles. The van der Waals surface area contributed by atoms with E-state index in [0.717, 1.165) is 38.1 Å². The smallest absolute Gasteiger partial charge is 0.119 e. The van der Waals surface area contributed by atoms with Gasteiger partial charge in [0.25, 0.3) is 0 Å². The van der Waals surface area contributed by atoms with Crippen LogP contribution in [-0.4, -0.2) is 36.8 Å². The summed E-state index contributed by atoms with van der Waals surface area (Å²) in [6, 6.07) is 8.29. The molecule has 0 saturated carbocycles. The molecular formula is C15H25NO2. The molecule has 18 heavy (non-hydrogen) atoms. The van der Waals surface area contributed by atoms with Gasteiger partial charge in [-0.1, -0.05) is 12.1 Å². The fraction of sp³-hybridized carbons (Fsp3) is 0.600. The third-order valence-corrected chi connectivity index (χ3v) is 2.88. The van der Waals surface area contributed by atoms with E-state index >= 15 is 0 Å². The first-order valence-corrected chi connectivity index (χ1v) is 6.77. The zero-order chi connectivity index (χ0) is 13.2. The van der Waals surface area contributed by atoms with Crippen LogP contribution >= 0.6 is 0 Å². The molecule has 1 rings (SSSR count). The van der Waals surface area contributed by atoms with Crippen molar-refractivity contribution in [1.82, 2.24) is 4.90 Å². The Labute approximate surface area is 110 Å². The van der Waals surface area contributed by atoms with Crippen LogP contribution in [-0.2, 0) is 6.54 Å². The molecule has 0 spiro atoms. The van der Waals surface area contributed by atoms with Crippen LogP contribution in [0.3, 0.4) is 0 Å². The Balaban J connectivity index is 2.28. The van der Waals surface area contributed by atoms with Crippen molar-refractivity contribution in [2.45, 2.75) is 32.7 Å². The molecule has 0 heterocycles. The van der Waals surface area contributed by atoms with Gasteiger partial charge in [-0.15, -0.1) is 0 Å². The van der Waals surface area contributed by atoms with Crippen molar-refractivity contribution in [2.75, 3.05) is 26.8 Å². The molecule has 0 fully saturated rings. The zero-order valence-electron chi connectivity index (χ0n) is 11.6. The van der Waals surface area contributed by atoms with Gasteiger partial charge in [-0.25, -0.2) is 0 Å². The van der Waals surface area contributed by atoms with Crippen LogP contribution in [0.25, 0.3) is 0 Å². The van der Waals surface area contributed by atoms with E-state index in [2.05, 4.69) is 24.1 Å². The van der Waals surface area contributed by atoms with Crippen LogP contribution in [0.1, 0.15) is 31.7 Å². The number of hydrogen-bond donors (Lipinski definition) is 1. The molecule has 0 aromatic heterocycles. The number of unbranched alkanes of at least 4 members (excludes halogenated alkanes) is 2. The lowest BCUT2D eigenvalue weighted by molar-refractivity contribution is 0.271. The van der Waals surface area contributed by atoms with E-state index in [1.54, 1.807) is 0 Å². The molecule has 0 radical (unpaired) electrons. The van der Waals surface area contributed by atoms with Gasteiger partial charge in [0.1, 0.15) is 5.75 Å². The summed E-state index contributed by atoms with van der Waals surface area (Å²) in [5, 5.41) is 8.71. The van der Waals surface area contributed by atoms with E-state index in [9.17, 15) is 0 Å². The van der Waals surface area contributed by atoms with Crippen LogP contribution in [0, 0.1) is 0 Å². The van der Waals surface area contributed by atoms with Gasteiger partial charge in [-0.3, -0.25) is 0 Å². The Kier molecular flexibility index (Phi) is 7.46. The number of aliphatic hydroxyl groups excluding tert-OH is 1. The second kappa shape index (κ2) is 8.95. The number of nitrogens with zero attached hydrogens (tertiary/aromatic N) is 1. The minimum Gasteiger partial charge on any atom is -0.494 e. The standard InChI is InChI=1S/C15H25NO2/c1-3-18-15-9-7-14(8-10-15)13-16(2)11-5-4-6-12-17/h7-10,17H,3-6,11-13H2,1-2H3. The average molecular weight is 251 g/mol. The summed E-state index contributed by atoms with van der Waals surface area (Å²) in [5.74, 6) is 0.937. The summed E-state index contributed by atoms with van der Waals surface area (Å²) in [4.78, 5) is 2.31. The molecule has 0 amide bonds. The topological polar surface area (TPSA) is 32.7 Å². The summed E-state index contributed by atoms with van der Waals surface area (Å²) in [6.45, 7) is 5.06. The van der Waals surface area contributed by atoms with Crippen LogP contribution in [0.15, 0.2) is 24.3 Å². The van der Waals surface area contributed by atoms with Gasteiger partial charge in [-0.05, 0) is 57.5 Å². The van der Waals surface area contributed by atoms with E-state index in [1.807, 2.05) is 19.1 Å². The van der Waals surface area contributed by atoms with Crippen molar-refractivity contribution in [3.05, 3.63) is 29.8 Å². The van der Waals surface area contributed by atoms with Gasteiger partial charge in [0.15, 0.2) is 0 Å². The Morgan fingerprint density at radius 3 is 2.44 bits per heavy atom. The second-order valence-electron chi connectivity index (χ2n) is 4.60. The van der Waals surface area contributed by atoms with Gasteiger partial charge in [-0.2, -0.15) is 0 Å². The Bertz CT molecular complexity index is 311. The van der Waals surface area contributed by atoms with Crippen molar-refractivity contribution in [3.63, 3.8) is 0 Å². The Hall–Kier alpha value is -1.06. The highest BCUT2D eigenvalue weighted by Gasteiger charge is 2.00. The summed E-state index contributed by atoms with van der Waals surface area (Å²) in [5.41, 5.74) is 1.31. The maximum Gasteiger partial charge on any atom is 0.119 e. The third-order valence-electron chi connectivity index (χ3n) is 2.88. The van der Waals surface area contributed by atoms with Gasteiger partial charge in [0, 0.05) is 13.2 Å². The molecule has 1 aromatic rings. The van der Waals surface area contributed by atoms with Crippen LogP contribution in [0.4, 0.5) is 0 Å². The first kappa shape index (κ1) is 15.0. The Morgan fingerprint density at radius 2 is 1.83 bits per heavy atom. The maximum absolute atomic E-state index is 8.71. The SMILES string of the molecule is CCOc1ccc(CN(C)CCCCCO)cc1. The molecular weight excluding hydrogens is 226 g/mol. The molecule has 0 aliphatic heterocycles. The predicted octanol–water partition coefficient (Wildman–Crippen LogP) is 2.68. The quantitative estimate of drug-likeness (QED) is 0.685. The monoisotopic (exact) mass is 251 g/mol. The number of rotatable bonds is 9. The number of benzene rings is 1. The van der Waals surface area contributed by atoms with Crippen molar-refractivity contribution < 1.29 is 9.84 Å². The third kappa shape index (κ3) is 6.03. The summed E-state index contributed by atoms with van der Waals surface area (Å²) in [6.07, 6.45) is 3.16. The molecule has 1 N–H and O–H groups in total. The zero-order valence-corrected chi connectivity index (χ0v) is 11.6. The van der Waals surface area contributed by atoms with Crippen molar-refractivity contribution in [1.29, 1.82) is 0 Å². The molecule has 3 heteroatoms. The predicted molar refractivity (Wildman–Crippen MR) is 74.9 cm³/mol. The van der Waals surface area contributed by atoms with E-state index in [-0.39, 0.29) is 0 Å². The fourth-order valence-corrected chi connectivity index (χ4v) is 1.92. The highest BCUT2D eigenvalue weighted by molar-refractivity contribution is 5.27. The Morgan fingerprint density at radius 1 is 1.11 bits per heavy atom. The molecule has 0 bridgehead atoms. The largest absolute Gasteiger partial charge is 0.494 e.